The summed E-state index contributed by atoms with van der Waals surface area (Å²) in [5, 5.41) is 14.9. The number of likely N-dealkylation sites (tertiary alicyclic amines) is 1. The monoisotopic (exact) mass is 488 g/mol. The first-order chi connectivity index (χ1) is 16.7. The van der Waals surface area contributed by atoms with E-state index in [2.05, 4.69) is 29.6 Å². The molecule has 2 N–H and O–H groups in total. The molecule has 1 unspecified atom stereocenters. The number of anilines is 1. The van der Waals surface area contributed by atoms with Crippen LogP contribution in [0, 0.1) is 5.41 Å². The van der Waals surface area contributed by atoms with Crippen molar-refractivity contribution in [3.05, 3.63) is 76.5 Å². The number of hydrogen-bond acceptors (Lipinski definition) is 5. The van der Waals surface area contributed by atoms with Crippen molar-refractivity contribution in [3.8, 4) is 0 Å². The molecule has 1 amide bonds. The number of nitrogens with zero attached hydrogens (tertiary/aromatic N) is 2. The average molecular weight is 489 g/mol. The quantitative estimate of drug-likeness (QED) is 0.411. The van der Waals surface area contributed by atoms with Crippen molar-refractivity contribution < 1.29 is 9.53 Å². The lowest BCUT2D eigenvalue weighted by atomic mass is 9.93. The van der Waals surface area contributed by atoms with Crippen LogP contribution in [-0.4, -0.2) is 46.4 Å². The summed E-state index contributed by atoms with van der Waals surface area (Å²) in [6, 6.07) is 15.8. The molecule has 1 aromatic heterocycles. The van der Waals surface area contributed by atoms with E-state index in [1.54, 1.807) is 4.90 Å². The number of benzene rings is 2. The molecule has 3 aromatic rings. The topological polar surface area (TPSA) is 78.3 Å². The van der Waals surface area contributed by atoms with E-state index in [1.165, 1.54) is 0 Å². The highest BCUT2D eigenvalue weighted by Crippen LogP contribution is 2.35. The Labute approximate surface area is 210 Å². The number of fused-ring (bicyclic) bond motifs is 2. The number of rotatable bonds is 4. The molecule has 35 heavy (non-hydrogen) atoms. The lowest BCUT2D eigenvalue weighted by Crippen LogP contribution is -2.36. The molecule has 2 heterocycles. The first-order valence-corrected chi connectivity index (χ1v) is 12.3. The Balaban J connectivity index is 1.43. The molecular formula is C28H29ClN4O2. The molecule has 0 spiro atoms. The van der Waals surface area contributed by atoms with Gasteiger partial charge in [-0.2, -0.15) is 0 Å². The Bertz CT molecular complexity index is 1340. The highest BCUT2D eigenvalue weighted by Gasteiger charge is 2.31. The lowest BCUT2D eigenvalue weighted by molar-refractivity contribution is 0.0293. The molecule has 1 aliphatic carbocycles. The molecule has 7 heteroatoms. The Hall–Kier alpha value is -3.38. The van der Waals surface area contributed by atoms with Gasteiger partial charge in [-0.15, -0.1) is 0 Å². The summed E-state index contributed by atoms with van der Waals surface area (Å²) in [7, 11) is 0. The number of hydrogen-bond donors (Lipinski definition) is 2. The van der Waals surface area contributed by atoms with E-state index in [9.17, 15) is 4.79 Å². The largest absolute Gasteiger partial charge is 0.444 e. The zero-order valence-corrected chi connectivity index (χ0v) is 20.9. The summed E-state index contributed by atoms with van der Waals surface area (Å²) < 4.78 is 5.53. The third-order valence-electron chi connectivity index (χ3n) is 6.37. The molecule has 0 saturated carbocycles. The minimum atomic E-state index is -0.532. The standard InChI is InChI=1S/C28H29ClN4O2/c1-28(2,3)35-27(34)33-14-13-19(16-33)31-26-24-18(8-6-10-22(24)29)15-23(32-26)25(30)21-12-11-17-7-4-5-9-20(17)21/h4-12,15,19,21,30H,13-14,16H2,1-3H3,(H,31,32)/t19-,21?/m0/s1. The minimum absolute atomic E-state index is 0.00558. The number of carbonyl (C=O) groups is 1. The van der Waals surface area contributed by atoms with Crippen molar-refractivity contribution in [3.63, 3.8) is 0 Å². The van der Waals surface area contributed by atoms with Crippen molar-refractivity contribution in [2.75, 3.05) is 18.4 Å². The molecule has 1 saturated heterocycles. The van der Waals surface area contributed by atoms with E-state index < -0.39 is 5.60 Å². The smallest absolute Gasteiger partial charge is 0.410 e. The maximum Gasteiger partial charge on any atom is 0.410 e. The van der Waals surface area contributed by atoms with Gasteiger partial charge in [0.25, 0.3) is 0 Å². The van der Waals surface area contributed by atoms with E-state index in [0.29, 0.717) is 35.3 Å². The van der Waals surface area contributed by atoms with Crippen LogP contribution in [0.5, 0.6) is 0 Å². The fourth-order valence-electron chi connectivity index (χ4n) is 4.73. The second kappa shape index (κ2) is 9.00. The molecule has 5 rings (SSSR count). The van der Waals surface area contributed by atoms with Crippen LogP contribution >= 0.6 is 11.6 Å². The number of carbonyl (C=O) groups excluding carboxylic acids is 1. The molecule has 1 fully saturated rings. The molecule has 2 aliphatic rings. The second-order valence-corrected chi connectivity index (χ2v) is 10.5. The molecule has 6 nitrogen and oxygen atoms in total. The molecule has 2 aromatic carbocycles. The van der Waals surface area contributed by atoms with Gasteiger partial charge in [-0.05, 0) is 55.8 Å². The van der Waals surface area contributed by atoms with Gasteiger partial charge < -0.3 is 20.4 Å². The van der Waals surface area contributed by atoms with Crippen LogP contribution in [-0.2, 0) is 4.74 Å². The number of ether oxygens (including phenoxy) is 1. The summed E-state index contributed by atoms with van der Waals surface area (Å²) in [6.45, 7) is 6.73. The molecular weight excluding hydrogens is 460 g/mol. The average Bonchev–Trinajstić information content (AvgIpc) is 3.45. The number of aromatic nitrogens is 1. The van der Waals surface area contributed by atoms with Gasteiger partial charge in [0, 0.05) is 30.4 Å². The predicted molar refractivity (Wildman–Crippen MR) is 142 cm³/mol. The second-order valence-electron chi connectivity index (χ2n) is 10.1. The minimum Gasteiger partial charge on any atom is -0.444 e. The van der Waals surface area contributed by atoms with Crippen molar-refractivity contribution >= 4 is 46.1 Å². The van der Waals surface area contributed by atoms with Gasteiger partial charge in [0.2, 0.25) is 0 Å². The number of nitrogens with one attached hydrogen (secondary N) is 2. The molecule has 0 radical (unpaired) electrons. The Morgan fingerprint density at radius 3 is 2.80 bits per heavy atom. The van der Waals surface area contributed by atoms with Crippen LogP contribution < -0.4 is 5.32 Å². The van der Waals surface area contributed by atoms with Crippen LogP contribution in [0.4, 0.5) is 10.6 Å². The van der Waals surface area contributed by atoms with Gasteiger partial charge in [0.05, 0.1) is 16.4 Å². The van der Waals surface area contributed by atoms with Crippen molar-refractivity contribution in [2.45, 2.75) is 44.8 Å². The third kappa shape index (κ3) is 4.76. The lowest BCUT2D eigenvalue weighted by Gasteiger charge is -2.24. The van der Waals surface area contributed by atoms with Crippen LogP contribution in [0.25, 0.3) is 16.8 Å². The number of allylic oxidation sites excluding steroid dienone is 1. The summed E-state index contributed by atoms with van der Waals surface area (Å²) in [4.78, 5) is 19.1. The normalized spacial score (nSPS) is 19.1. The summed E-state index contributed by atoms with van der Waals surface area (Å²) in [5.74, 6) is 0.497. The van der Waals surface area contributed by atoms with Crippen LogP contribution in [0.15, 0.2) is 54.6 Å². The van der Waals surface area contributed by atoms with Crippen molar-refractivity contribution in [2.24, 2.45) is 0 Å². The summed E-state index contributed by atoms with van der Waals surface area (Å²) in [5.41, 5.74) is 2.77. The molecule has 2 atom stereocenters. The Morgan fingerprint density at radius 1 is 1.20 bits per heavy atom. The van der Waals surface area contributed by atoms with Gasteiger partial charge in [-0.1, -0.05) is 60.2 Å². The van der Waals surface area contributed by atoms with Crippen molar-refractivity contribution in [1.29, 1.82) is 5.41 Å². The first kappa shape index (κ1) is 23.4. The van der Waals surface area contributed by atoms with Gasteiger partial charge in [-0.25, -0.2) is 9.78 Å². The van der Waals surface area contributed by atoms with E-state index in [-0.39, 0.29) is 18.1 Å². The van der Waals surface area contributed by atoms with E-state index in [4.69, 9.17) is 26.7 Å². The highest BCUT2D eigenvalue weighted by molar-refractivity contribution is 6.36. The zero-order valence-electron chi connectivity index (χ0n) is 20.1. The van der Waals surface area contributed by atoms with Gasteiger partial charge in [-0.3, -0.25) is 0 Å². The first-order valence-electron chi connectivity index (χ1n) is 11.9. The van der Waals surface area contributed by atoms with Crippen LogP contribution in [0.1, 0.15) is 49.9 Å². The zero-order chi connectivity index (χ0) is 24.7. The summed E-state index contributed by atoms with van der Waals surface area (Å²) >= 11 is 6.60. The fraction of sp³-hybridized carbons (Fsp3) is 0.321. The Kier molecular flexibility index (Phi) is 6.01. The number of pyridine rings is 1. The molecule has 0 bridgehead atoms. The molecule has 180 valence electrons. The maximum absolute atomic E-state index is 12.5. The van der Waals surface area contributed by atoms with E-state index in [0.717, 1.165) is 28.3 Å². The molecule has 1 aliphatic heterocycles. The fourth-order valence-corrected chi connectivity index (χ4v) is 5.00. The SMILES string of the molecule is CC(C)(C)OC(=O)N1CC[C@H](Nc2nc(C(=N)C3C=Cc4ccccc43)cc3cccc(Cl)c23)C1. The summed E-state index contributed by atoms with van der Waals surface area (Å²) in [6.07, 6.45) is 4.59. The number of halogens is 1. The highest BCUT2D eigenvalue weighted by atomic mass is 35.5. The van der Waals surface area contributed by atoms with Gasteiger partial charge in [0.1, 0.15) is 11.4 Å². The maximum atomic E-state index is 12.5. The van der Waals surface area contributed by atoms with Crippen molar-refractivity contribution in [1.82, 2.24) is 9.88 Å². The van der Waals surface area contributed by atoms with Crippen LogP contribution in [0.2, 0.25) is 5.02 Å². The van der Waals surface area contributed by atoms with E-state index in [1.807, 2.05) is 57.2 Å². The Morgan fingerprint density at radius 2 is 2.00 bits per heavy atom. The third-order valence-corrected chi connectivity index (χ3v) is 6.69. The number of amides is 1. The predicted octanol–water partition coefficient (Wildman–Crippen LogP) is 6.49. The van der Waals surface area contributed by atoms with Crippen LogP contribution in [0.3, 0.4) is 0 Å². The van der Waals surface area contributed by atoms with E-state index >= 15 is 0 Å². The van der Waals surface area contributed by atoms with Gasteiger partial charge in [0.15, 0.2) is 0 Å². The van der Waals surface area contributed by atoms with Gasteiger partial charge >= 0.3 is 6.09 Å².